The summed E-state index contributed by atoms with van der Waals surface area (Å²) in [4.78, 5) is 41.1. The van der Waals surface area contributed by atoms with Crippen LogP contribution >= 0.6 is 0 Å². The van der Waals surface area contributed by atoms with Crippen LogP contribution < -0.4 is 5.32 Å². The molecule has 1 aromatic rings. The van der Waals surface area contributed by atoms with Crippen LogP contribution in [0.15, 0.2) is 24.3 Å². The molecule has 0 saturated carbocycles. The number of carbonyl (C=O) groups excluding carboxylic acids is 3. The highest BCUT2D eigenvalue weighted by Gasteiger charge is 2.55. The summed E-state index contributed by atoms with van der Waals surface area (Å²) in [5.74, 6) is -0.431. The van der Waals surface area contributed by atoms with Gasteiger partial charge in [0.05, 0.1) is 0 Å². The number of hydrogen-bond donors (Lipinski definition) is 1. The SMILES string of the molecule is C[C@@H]1CCCCN1C(=O)CN1C(=O)N[C@@]2(CCc3ccccc32)C1=O. The first-order valence-corrected chi connectivity index (χ1v) is 9.05. The number of nitrogens with one attached hydrogen (secondary N) is 1. The summed E-state index contributed by atoms with van der Waals surface area (Å²) in [6.45, 7) is 2.56. The van der Waals surface area contributed by atoms with Gasteiger partial charge in [0, 0.05) is 12.6 Å². The highest BCUT2D eigenvalue weighted by Crippen LogP contribution is 2.41. The number of piperidine rings is 1. The van der Waals surface area contributed by atoms with Gasteiger partial charge in [-0.25, -0.2) is 4.79 Å². The van der Waals surface area contributed by atoms with E-state index in [0.717, 1.165) is 41.7 Å². The zero-order valence-electron chi connectivity index (χ0n) is 14.5. The Morgan fingerprint density at radius 3 is 2.88 bits per heavy atom. The van der Waals surface area contributed by atoms with Crippen molar-refractivity contribution in [1.29, 1.82) is 0 Å². The van der Waals surface area contributed by atoms with Crippen LogP contribution in [-0.2, 0) is 21.5 Å². The molecule has 0 radical (unpaired) electrons. The average molecular weight is 341 g/mol. The summed E-state index contributed by atoms with van der Waals surface area (Å²) >= 11 is 0. The number of benzene rings is 1. The normalized spacial score (nSPS) is 28.4. The van der Waals surface area contributed by atoms with Gasteiger partial charge in [0.2, 0.25) is 5.91 Å². The number of nitrogens with zero attached hydrogens (tertiary/aromatic N) is 2. The van der Waals surface area contributed by atoms with Crippen LogP contribution in [0.4, 0.5) is 4.79 Å². The number of likely N-dealkylation sites (tertiary alicyclic amines) is 1. The van der Waals surface area contributed by atoms with Gasteiger partial charge >= 0.3 is 6.03 Å². The van der Waals surface area contributed by atoms with Gasteiger partial charge in [0.25, 0.3) is 5.91 Å². The molecule has 0 aromatic heterocycles. The largest absolute Gasteiger partial charge is 0.338 e. The van der Waals surface area contributed by atoms with Gasteiger partial charge in [-0.2, -0.15) is 0 Å². The van der Waals surface area contributed by atoms with Gasteiger partial charge < -0.3 is 10.2 Å². The lowest BCUT2D eigenvalue weighted by Crippen LogP contribution is -2.48. The molecule has 4 rings (SSSR count). The molecule has 6 heteroatoms. The van der Waals surface area contributed by atoms with Crippen LogP contribution in [0, 0.1) is 0 Å². The van der Waals surface area contributed by atoms with Crippen LogP contribution in [0.1, 0.15) is 43.7 Å². The molecule has 2 heterocycles. The lowest BCUT2D eigenvalue weighted by Gasteiger charge is -2.34. The molecular weight excluding hydrogens is 318 g/mol. The fourth-order valence-corrected chi connectivity index (χ4v) is 4.43. The van der Waals surface area contributed by atoms with E-state index in [9.17, 15) is 14.4 Å². The Morgan fingerprint density at radius 2 is 2.08 bits per heavy atom. The molecule has 1 aliphatic carbocycles. The van der Waals surface area contributed by atoms with Gasteiger partial charge in [-0.15, -0.1) is 0 Å². The Labute approximate surface area is 147 Å². The number of imide groups is 1. The van der Waals surface area contributed by atoms with Crippen molar-refractivity contribution < 1.29 is 14.4 Å². The van der Waals surface area contributed by atoms with Crippen molar-refractivity contribution in [2.45, 2.75) is 50.6 Å². The maximum absolute atomic E-state index is 13.1. The summed E-state index contributed by atoms with van der Waals surface area (Å²) in [6.07, 6.45) is 4.39. The smallest absolute Gasteiger partial charge is 0.325 e. The lowest BCUT2D eigenvalue weighted by molar-refractivity contribution is -0.141. The second-order valence-corrected chi connectivity index (χ2v) is 7.32. The maximum atomic E-state index is 13.1. The number of aryl methyl sites for hydroxylation is 1. The summed E-state index contributed by atoms with van der Waals surface area (Å²) in [6, 6.07) is 7.43. The Kier molecular flexibility index (Phi) is 3.78. The molecule has 1 N–H and O–H groups in total. The zero-order valence-corrected chi connectivity index (χ0v) is 14.5. The number of fused-ring (bicyclic) bond motifs is 2. The second kappa shape index (κ2) is 5.86. The number of urea groups is 1. The van der Waals surface area contributed by atoms with Crippen molar-refractivity contribution >= 4 is 17.8 Å². The van der Waals surface area contributed by atoms with Crippen LogP contribution in [0.5, 0.6) is 0 Å². The van der Waals surface area contributed by atoms with Crippen LogP contribution in [-0.4, -0.2) is 46.8 Å². The van der Waals surface area contributed by atoms with Crippen molar-refractivity contribution in [3.8, 4) is 0 Å². The van der Waals surface area contributed by atoms with E-state index in [4.69, 9.17) is 0 Å². The Bertz CT molecular complexity index is 747. The van der Waals surface area contributed by atoms with E-state index >= 15 is 0 Å². The quantitative estimate of drug-likeness (QED) is 0.834. The predicted octanol–water partition coefficient (Wildman–Crippen LogP) is 1.78. The van der Waals surface area contributed by atoms with E-state index in [0.29, 0.717) is 13.0 Å². The third-order valence-electron chi connectivity index (χ3n) is 5.84. The van der Waals surface area contributed by atoms with E-state index < -0.39 is 11.6 Å². The Morgan fingerprint density at radius 1 is 1.28 bits per heavy atom. The number of rotatable bonds is 2. The summed E-state index contributed by atoms with van der Waals surface area (Å²) in [5.41, 5.74) is 0.977. The van der Waals surface area contributed by atoms with Gasteiger partial charge in [0.1, 0.15) is 12.1 Å². The van der Waals surface area contributed by atoms with Crippen molar-refractivity contribution in [1.82, 2.24) is 15.1 Å². The molecule has 25 heavy (non-hydrogen) atoms. The fourth-order valence-electron chi connectivity index (χ4n) is 4.43. The van der Waals surface area contributed by atoms with E-state index in [1.165, 1.54) is 0 Å². The van der Waals surface area contributed by atoms with Crippen molar-refractivity contribution in [3.05, 3.63) is 35.4 Å². The number of hydrogen-bond acceptors (Lipinski definition) is 3. The molecule has 3 aliphatic rings. The Hall–Kier alpha value is -2.37. The van der Waals surface area contributed by atoms with Crippen molar-refractivity contribution in [2.24, 2.45) is 0 Å². The van der Waals surface area contributed by atoms with Gasteiger partial charge in [-0.1, -0.05) is 24.3 Å². The minimum atomic E-state index is -0.985. The first kappa shape index (κ1) is 16.1. The maximum Gasteiger partial charge on any atom is 0.325 e. The highest BCUT2D eigenvalue weighted by molar-refractivity contribution is 6.09. The lowest BCUT2D eigenvalue weighted by atomic mass is 9.92. The Balaban J connectivity index is 1.56. The first-order valence-electron chi connectivity index (χ1n) is 9.05. The van der Waals surface area contributed by atoms with Crippen molar-refractivity contribution in [2.75, 3.05) is 13.1 Å². The molecule has 1 aromatic carbocycles. The van der Waals surface area contributed by atoms with Gasteiger partial charge in [0.15, 0.2) is 0 Å². The standard InChI is InChI=1S/C19H23N3O3/c1-13-6-4-5-11-21(13)16(23)12-22-17(24)19(20-18(22)25)10-9-14-7-2-3-8-15(14)19/h2-3,7-8,13H,4-6,9-12H2,1H3,(H,20,25)/t13-,19-/m1/s1. The molecule has 0 bridgehead atoms. The predicted molar refractivity (Wildman–Crippen MR) is 91.7 cm³/mol. The third-order valence-corrected chi connectivity index (χ3v) is 5.84. The summed E-state index contributed by atoms with van der Waals surface area (Å²) < 4.78 is 0. The summed E-state index contributed by atoms with van der Waals surface area (Å²) in [5, 5.41) is 2.87. The van der Waals surface area contributed by atoms with E-state index in [2.05, 4.69) is 5.32 Å². The zero-order chi connectivity index (χ0) is 17.6. The molecular formula is C19H23N3O3. The molecule has 2 aliphatic heterocycles. The van der Waals surface area contributed by atoms with Gasteiger partial charge in [-0.3, -0.25) is 14.5 Å². The van der Waals surface area contributed by atoms with Crippen LogP contribution in [0.25, 0.3) is 0 Å². The van der Waals surface area contributed by atoms with Gasteiger partial charge in [-0.05, 0) is 50.2 Å². The van der Waals surface area contributed by atoms with E-state index in [1.807, 2.05) is 31.2 Å². The minimum Gasteiger partial charge on any atom is -0.338 e. The molecule has 4 amide bonds. The van der Waals surface area contributed by atoms with E-state index in [-0.39, 0.29) is 24.4 Å². The molecule has 1 spiro atoms. The topological polar surface area (TPSA) is 69.7 Å². The molecule has 6 nitrogen and oxygen atoms in total. The van der Waals surface area contributed by atoms with Crippen LogP contribution in [0.3, 0.4) is 0 Å². The van der Waals surface area contributed by atoms with E-state index in [1.54, 1.807) is 4.90 Å². The number of carbonyl (C=O) groups is 3. The molecule has 2 atom stereocenters. The van der Waals surface area contributed by atoms with Crippen LogP contribution in [0.2, 0.25) is 0 Å². The summed E-state index contributed by atoms with van der Waals surface area (Å²) in [7, 11) is 0. The monoisotopic (exact) mass is 341 g/mol. The third kappa shape index (κ3) is 2.42. The highest BCUT2D eigenvalue weighted by atomic mass is 16.2. The number of amides is 4. The molecule has 2 fully saturated rings. The second-order valence-electron chi connectivity index (χ2n) is 7.32. The molecule has 132 valence electrons. The minimum absolute atomic E-state index is 0.140. The molecule has 0 unspecified atom stereocenters. The average Bonchev–Trinajstić information content (AvgIpc) is 3.09. The fraction of sp³-hybridized carbons (Fsp3) is 0.526. The first-order chi connectivity index (χ1) is 12.0. The molecule has 2 saturated heterocycles. The van der Waals surface area contributed by atoms with Crippen molar-refractivity contribution in [3.63, 3.8) is 0 Å².